The van der Waals surface area contributed by atoms with Gasteiger partial charge in [0.2, 0.25) is 0 Å². The maximum absolute atomic E-state index is 14.4. The SMILES string of the molecule is Cc1ccccc1Cn1cccc1CN(Cc1ccccc1)C(=O)c1ccccc1F. The molecule has 4 aromatic rings. The molecule has 4 rings (SSSR count). The average molecular weight is 413 g/mol. The van der Waals surface area contributed by atoms with Crippen LogP contribution in [-0.2, 0) is 19.6 Å². The molecule has 1 aromatic heterocycles. The summed E-state index contributed by atoms with van der Waals surface area (Å²) in [7, 11) is 0. The molecular weight excluding hydrogens is 387 g/mol. The monoisotopic (exact) mass is 412 g/mol. The van der Waals surface area contributed by atoms with Crippen molar-refractivity contribution in [3.8, 4) is 0 Å². The van der Waals surface area contributed by atoms with Gasteiger partial charge >= 0.3 is 0 Å². The highest BCUT2D eigenvalue weighted by molar-refractivity contribution is 5.94. The summed E-state index contributed by atoms with van der Waals surface area (Å²) >= 11 is 0. The minimum absolute atomic E-state index is 0.0930. The van der Waals surface area contributed by atoms with Crippen LogP contribution in [0, 0.1) is 12.7 Å². The molecule has 0 aliphatic carbocycles. The maximum atomic E-state index is 14.4. The van der Waals surface area contributed by atoms with Gasteiger partial charge in [0.05, 0.1) is 12.1 Å². The predicted molar refractivity (Wildman–Crippen MR) is 121 cm³/mol. The second kappa shape index (κ2) is 9.43. The normalized spacial score (nSPS) is 10.8. The topological polar surface area (TPSA) is 25.2 Å². The molecule has 0 radical (unpaired) electrons. The molecule has 0 aliphatic rings. The third kappa shape index (κ3) is 4.92. The van der Waals surface area contributed by atoms with Crippen LogP contribution in [0.5, 0.6) is 0 Å². The van der Waals surface area contributed by atoms with E-state index in [1.807, 2.05) is 60.8 Å². The molecule has 1 amide bonds. The van der Waals surface area contributed by atoms with E-state index in [9.17, 15) is 9.18 Å². The van der Waals surface area contributed by atoms with Gasteiger partial charge in [0.15, 0.2) is 0 Å². The Labute approximate surface area is 182 Å². The second-order valence-corrected chi connectivity index (χ2v) is 7.68. The van der Waals surface area contributed by atoms with Crippen molar-refractivity contribution >= 4 is 5.91 Å². The molecule has 0 N–H and O–H groups in total. The molecule has 0 saturated carbocycles. The summed E-state index contributed by atoms with van der Waals surface area (Å²) in [5, 5.41) is 0. The summed E-state index contributed by atoms with van der Waals surface area (Å²) in [6, 6.07) is 28.3. The van der Waals surface area contributed by atoms with Crippen LogP contribution in [0.2, 0.25) is 0 Å². The molecule has 156 valence electrons. The van der Waals surface area contributed by atoms with Crippen molar-refractivity contribution in [2.75, 3.05) is 0 Å². The fraction of sp³-hybridized carbons (Fsp3) is 0.148. The third-order valence-electron chi connectivity index (χ3n) is 5.49. The first-order valence-corrected chi connectivity index (χ1v) is 10.4. The first kappa shape index (κ1) is 20.6. The molecule has 0 aliphatic heterocycles. The van der Waals surface area contributed by atoms with E-state index in [2.05, 4.69) is 23.6 Å². The van der Waals surface area contributed by atoms with Gasteiger partial charge in [0.25, 0.3) is 5.91 Å². The number of hydrogen-bond donors (Lipinski definition) is 0. The van der Waals surface area contributed by atoms with Gasteiger partial charge in [-0.2, -0.15) is 0 Å². The van der Waals surface area contributed by atoms with E-state index in [1.165, 1.54) is 17.2 Å². The highest BCUT2D eigenvalue weighted by atomic mass is 19.1. The molecule has 0 atom stereocenters. The number of aryl methyl sites for hydroxylation is 1. The minimum atomic E-state index is -0.499. The summed E-state index contributed by atoms with van der Waals surface area (Å²) in [4.78, 5) is 15.0. The number of benzene rings is 3. The van der Waals surface area contributed by atoms with Crippen molar-refractivity contribution in [2.24, 2.45) is 0 Å². The molecule has 4 heteroatoms. The van der Waals surface area contributed by atoms with Gasteiger partial charge in [0, 0.05) is 25.0 Å². The lowest BCUT2D eigenvalue weighted by Gasteiger charge is -2.24. The molecule has 0 spiro atoms. The van der Waals surface area contributed by atoms with Gasteiger partial charge in [0.1, 0.15) is 5.82 Å². The number of amides is 1. The Hall–Kier alpha value is -3.66. The van der Waals surface area contributed by atoms with E-state index in [1.54, 1.807) is 23.1 Å². The number of rotatable bonds is 7. The van der Waals surface area contributed by atoms with Crippen LogP contribution in [0.4, 0.5) is 4.39 Å². The van der Waals surface area contributed by atoms with Gasteiger partial charge < -0.3 is 9.47 Å². The Bertz CT molecular complexity index is 1170. The summed E-state index contributed by atoms with van der Waals surface area (Å²) in [6.45, 7) is 3.62. The zero-order chi connectivity index (χ0) is 21.6. The van der Waals surface area contributed by atoms with E-state index in [4.69, 9.17) is 0 Å². The van der Waals surface area contributed by atoms with Crippen LogP contribution >= 0.6 is 0 Å². The Morgan fingerprint density at radius 2 is 1.55 bits per heavy atom. The number of carbonyl (C=O) groups excluding carboxylic acids is 1. The molecule has 3 nitrogen and oxygen atoms in total. The fourth-order valence-electron chi connectivity index (χ4n) is 3.72. The first-order valence-electron chi connectivity index (χ1n) is 10.4. The summed E-state index contributed by atoms with van der Waals surface area (Å²) in [5.74, 6) is -0.813. The van der Waals surface area contributed by atoms with Gasteiger partial charge in [-0.25, -0.2) is 4.39 Å². The van der Waals surface area contributed by atoms with Crippen LogP contribution in [0.15, 0.2) is 97.2 Å². The molecule has 0 saturated heterocycles. The number of hydrogen-bond acceptors (Lipinski definition) is 1. The zero-order valence-electron chi connectivity index (χ0n) is 17.5. The molecular formula is C27H25FN2O. The van der Waals surface area contributed by atoms with Gasteiger partial charge in [-0.3, -0.25) is 4.79 Å². The van der Waals surface area contributed by atoms with Gasteiger partial charge in [-0.1, -0.05) is 66.7 Å². The molecule has 0 fully saturated rings. The van der Waals surface area contributed by atoms with Crippen LogP contribution in [0.3, 0.4) is 0 Å². The van der Waals surface area contributed by atoms with Crippen molar-refractivity contribution in [3.05, 3.63) is 131 Å². The van der Waals surface area contributed by atoms with Crippen molar-refractivity contribution in [1.82, 2.24) is 9.47 Å². The molecule has 3 aromatic carbocycles. The highest BCUT2D eigenvalue weighted by Gasteiger charge is 2.21. The summed E-state index contributed by atoms with van der Waals surface area (Å²) < 4.78 is 16.5. The molecule has 0 bridgehead atoms. The Morgan fingerprint density at radius 3 is 2.32 bits per heavy atom. The third-order valence-corrected chi connectivity index (χ3v) is 5.49. The van der Waals surface area contributed by atoms with E-state index >= 15 is 0 Å². The van der Waals surface area contributed by atoms with Gasteiger partial charge in [-0.15, -0.1) is 0 Å². The van der Waals surface area contributed by atoms with E-state index in [-0.39, 0.29) is 11.5 Å². The van der Waals surface area contributed by atoms with Crippen molar-refractivity contribution in [2.45, 2.75) is 26.6 Å². The Balaban J connectivity index is 1.63. The summed E-state index contributed by atoms with van der Waals surface area (Å²) in [5.41, 5.74) is 4.56. The largest absolute Gasteiger partial charge is 0.345 e. The predicted octanol–water partition coefficient (Wildman–Crippen LogP) is 5.83. The first-order chi connectivity index (χ1) is 15.1. The number of aromatic nitrogens is 1. The smallest absolute Gasteiger partial charge is 0.257 e. The van der Waals surface area contributed by atoms with E-state index < -0.39 is 5.82 Å². The van der Waals surface area contributed by atoms with E-state index in [0.717, 1.165) is 17.8 Å². The number of carbonyl (C=O) groups is 1. The molecule has 0 unspecified atom stereocenters. The lowest BCUT2D eigenvalue weighted by atomic mass is 10.1. The van der Waals surface area contributed by atoms with Crippen LogP contribution < -0.4 is 0 Å². The fourth-order valence-corrected chi connectivity index (χ4v) is 3.72. The lowest BCUT2D eigenvalue weighted by Crippen LogP contribution is -2.31. The lowest BCUT2D eigenvalue weighted by molar-refractivity contribution is 0.0721. The zero-order valence-corrected chi connectivity index (χ0v) is 17.5. The second-order valence-electron chi connectivity index (χ2n) is 7.68. The summed E-state index contributed by atoms with van der Waals surface area (Å²) in [6.07, 6.45) is 2.02. The van der Waals surface area contributed by atoms with Crippen molar-refractivity contribution < 1.29 is 9.18 Å². The molecule has 31 heavy (non-hydrogen) atoms. The van der Waals surface area contributed by atoms with Crippen LogP contribution in [0.1, 0.15) is 32.7 Å². The molecule has 1 heterocycles. The van der Waals surface area contributed by atoms with Crippen LogP contribution in [0.25, 0.3) is 0 Å². The Kier molecular flexibility index (Phi) is 6.27. The number of nitrogens with zero attached hydrogens (tertiary/aromatic N) is 2. The van der Waals surface area contributed by atoms with Gasteiger partial charge in [-0.05, 0) is 47.9 Å². The maximum Gasteiger partial charge on any atom is 0.257 e. The Morgan fingerprint density at radius 1 is 0.839 bits per heavy atom. The quantitative estimate of drug-likeness (QED) is 0.375. The van der Waals surface area contributed by atoms with Crippen molar-refractivity contribution in [3.63, 3.8) is 0 Å². The minimum Gasteiger partial charge on any atom is -0.345 e. The highest BCUT2D eigenvalue weighted by Crippen LogP contribution is 2.18. The van der Waals surface area contributed by atoms with E-state index in [0.29, 0.717) is 13.1 Å². The standard InChI is InChI=1S/C27H25FN2O/c1-21-10-5-6-13-23(21)19-29-17-9-14-24(29)20-30(18-22-11-3-2-4-12-22)27(31)25-15-7-8-16-26(25)28/h2-17H,18-20H2,1H3. The average Bonchev–Trinajstić information content (AvgIpc) is 3.22. The number of halogens is 1. The van der Waals surface area contributed by atoms with Crippen molar-refractivity contribution in [1.29, 1.82) is 0 Å². The van der Waals surface area contributed by atoms with Crippen LogP contribution in [-0.4, -0.2) is 15.4 Å².